The lowest BCUT2D eigenvalue weighted by atomic mass is 9.80. The lowest BCUT2D eigenvalue weighted by molar-refractivity contribution is -0.128. The Balaban J connectivity index is 0.000000123. The Bertz CT molecular complexity index is 5840. The van der Waals surface area contributed by atoms with Crippen molar-refractivity contribution in [1.29, 1.82) is 0 Å². The molecule has 15 heterocycles. The molecule has 7 atom stereocenters. The lowest BCUT2D eigenvalue weighted by Crippen LogP contribution is -2.48. The quantitative estimate of drug-likeness (QED) is 0.0178. The van der Waals surface area contributed by atoms with E-state index < -0.39 is 0 Å². The number of carbonyl (C=O) groups is 9. The minimum Gasteiger partial charge on any atom is -0.380 e. The number of carbonyl (C=O) groups excluding carboxylic acids is 9. The van der Waals surface area contributed by atoms with Crippen molar-refractivity contribution in [1.82, 2.24) is 89.3 Å². The highest BCUT2D eigenvalue weighted by Gasteiger charge is 2.46. The first-order valence-electron chi connectivity index (χ1n) is 45.3. The van der Waals surface area contributed by atoms with Crippen molar-refractivity contribution in [2.75, 3.05) is 92.0 Å². The van der Waals surface area contributed by atoms with E-state index in [1.165, 1.54) is 61.4 Å². The van der Waals surface area contributed by atoms with Crippen molar-refractivity contribution in [2.24, 2.45) is 40.9 Å². The minimum atomic E-state index is -0.222. The highest BCUT2D eigenvalue weighted by molar-refractivity contribution is 6.16. The molecule has 5 saturated heterocycles. The van der Waals surface area contributed by atoms with E-state index in [9.17, 15) is 43.2 Å². The van der Waals surface area contributed by atoms with Crippen LogP contribution in [0.15, 0.2) is 138 Å². The summed E-state index contributed by atoms with van der Waals surface area (Å²) in [5.74, 6) is 4.78. The number of fused-ring (bicyclic) bond motifs is 5. The van der Waals surface area contributed by atoms with E-state index in [4.69, 9.17) is 0 Å². The van der Waals surface area contributed by atoms with Crippen LogP contribution in [0.4, 0.5) is 28.8 Å². The zero-order valence-corrected chi connectivity index (χ0v) is 74.0. The van der Waals surface area contributed by atoms with Crippen LogP contribution in [0.25, 0.3) is 55.2 Å². The van der Waals surface area contributed by atoms with Crippen LogP contribution >= 0.6 is 0 Å². The van der Waals surface area contributed by atoms with Gasteiger partial charge in [-0.15, -0.1) is 0 Å². The number of piperidine rings is 4. The number of ketones is 4. The number of aromatic amines is 5. The second kappa shape index (κ2) is 39.9. The van der Waals surface area contributed by atoms with E-state index in [0.29, 0.717) is 90.6 Å². The van der Waals surface area contributed by atoms with Crippen LogP contribution < -0.4 is 26.6 Å². The SMILES string of the molecule is C=CC(=O)N1CCC[C@@H](Nc2ccnc3[nH]cc(C(=O)C4(C)CC4)c23)C1.C=CC(=O)N1CCC[C@@H](Nc2ncnc3[nH]cc(CC4CC4)c23)C1.C=CC(=O)N1CC[C@@H](C)[C@@H](Nc2ncnc3[nH]cc(C(=O)C4CCC4)c23)C1.C=CC(=O)N1CC[C@@H](C)[C@@H](Nc2ncnc3[nH]cc(C(=O)CC(C)C)c23)C1.C=CC(=O)N1CC[C@@H](Nc2ccnc3[nH]cc(C(=O)C4CC4)c23)C1. The zero-order valence-electron chi connectivity index (χ0n) is 74.0. The third-order valence-corrected chi connectivity index (χ3v) is 26.6. The first-order chi connectivity index (χ1) is 61.9. The number of hydrogen-bond donors (Lipinski definition) is 10. The van der Waals surface area contributed by atoms with Gasteiger partial charge in [-0.25, -0.2) is 39.9 Å². The number of aromatic nitrogens is 13. The molecule has 672 valence electrons. The van der Waals surface area contributed by atoms with Crippen molar-refractivity contribution < 1.29 is 43.2 Å². The number of H-pyrrole nitrogens is 5. The van der Waals surface area contributed by atoms with Crippen LogP contribution in [0.3, 0.4) is 0 Å². The van der Waals surface area contributed by atoms with Crippen molar-refractivity contribution in [3.05, 3.63) is 166 Å². The van der Waals surface area contributed by atoms with Crippen LogP contribution in [-0.2, 0) is 30.4 Å². The molecule has 0 radical (unpaired) electrons. The van der Waals surface area contributed by atoms with E-state index in [0.717, 1.165) is 202 Å². The Labute approximate surface area is 744 Å². The minimum absolute atomic E-state index is 0.00500. The van der Waals surface area contributed by atoms with Gasteiger partial charge in [0, 0.05) is 196 Å². The molecule has 32 nitrogen and oxygen atoms in total. The third-order valence-electron chi connectivity index (χ3n) is 26.6. The van der Waals surface area contributed by atoms with Crippen LogP contribution in [-0.4, -0.2) is 238 Å². The van der Waals surface area contributed by atoms with Gasteiger partial charge in [0.15, 0.2) is 23.1 Å². The number of Topliss-reactive ketones (excluding diaryl/α,β-unsaturated/α-hetero) is 4. The molecule has 5 aliphatic heterocycles. The monoisotopic (exact) mass is 1740 g/mol. The molecule has 0 bridgehead atoms. The zero-order chi connectivity index (χ0) is 90.0. The summed E-state index contributed by atoms with van der Waals surface area (Å²) < 4.78 is 0. The van der Waals surface area contributed by atoms with E-state index in [-0.39, 0.29) is 106 Å². The van der Waals surface area contributed by atoms with Crippen molar-refractivity contribution in [3.8, 4) is 0 Å². The maximum atomic E-state index is 12.9. The molecule has 128 heavy (non-hydrogen) atoms. The number of hydrogen-bond acceptors (Lipinski definition) is 22. The van der Waals surface area contributed by atoms with Gasteiger partial charge in [-0.1, -0.05) is 73.9 Å². The van der Waals surface area contributed by atoms with Gasteiger partial charge in [-0.2, -0.15) is 0 Å². The fourth-order valence-corrected chi connectivity index (χ4v) is 18.1. The summed E-state index contributed by atoms with van der Waals surface area (Å²) in [4.78, 5) is 170. The fraction of sp³-hybridized carbons (Fsp3) is 0.469. The van der Waals surface area contributed by atoms with Crippen molar-refractivity contribution >= 4 is 137 Å². The van der Waals surface area contributed by atoms with E-state index in [2.05, 4.69) is 144 Å². The normalized spacial score (nSPS) is 21.2. The van der Waals surface area contributed by atoms with Crippen LogP contribution in [0.2, 0.25) is 0 Å². The maximum absolute atomic E-state index is 12.9. The van der Waals surface area contributed by atoms with Crippen LogP contribution in [0.5, 0.6) is 0 Å². The van der Waals surface area contributed by atoms with Gasteiger partial charge in [-0.05, 0) is 174 Å². The average molecular weight is 1740 g/mol. The molecular weight excluding hydrogens is 1620 g/mol. The second-order valence-corrected chi connectivity index (χ2v) is 36.4. The molecule has 32 heteroatoms. The summed E-state index contributed by atoms with van der Waals surface area (Å²) in [6, 6.07) is 4.44. The first kappa shape index (κ1) is 89.8. The summed E-state index contributed by atoms with van der Waals surface area (Å²) in [6.07, 6.45) is 41.7. The number of anilines is 5. The number of nitrogens with zero attached hydrogens (tertiary/aromatic N) is 13. The molecule has 0 spiro atoms. The topological polar surface area (TPSA) is 412 Å². The highest BCUT2D eigenvalue weighted by Crippen LogP contribution is 2.49. The molecule has 10 aromatic heterocycles. The third kappa shape index (κ3) is 20.6. The summed E-state index contributed by atoms with van der Waals surface area (Å²) in [7, 11) is 0. The molecule has 19 rings (SSSR count). The van der Waals surface area contributed by atoms with Crippen molar-refractivity contribution in [2.45, 2.75) is 180 Å². The Hall–Kier alpha value is -13.0. The fourth-order valence-electron chi connectivity index (χ4n) is 18.1. The van der Waals surface area contributed by atoms with Crippen molar-refractivity contribution in [3.63, 3.8) is 0 Å². The molecule has 5 amide bonds. The number of nitrogens with one attached hydrogen (secondary N) is 10. The Morgan fingerprint density at radius 1 is 0.422 bits per heavy atom. The maximum Gasteiger partial charge on any atom is 0.246 e. The van der Waals surface area contributed by atoms with Gasteiger partial charge in [0.05, 0.1) is 26.9 Å². The molecule has 10 N–H and O–H groups in total. The van der Waals surface area contributed by atoms with Gasteiger partial charge in [0.2, 0.25) is 29.5 Å². The second-order valence-electron chi connectivity index (χ2n) is 36.4. The Morgan fingerprint density at radius 2 is 0.812 bits per heavy atom. The number of rotatable bonds is 26. The molecule has 0 unspecified atom stereocenters. The number of likely N-dealkylation sites (tertiary alicyclic amines) is 5. The number of pyridine rings is 2. The molecule has 4 saturated carbocycles. The predicted octanol–water partition coefficient (Wildman–Crippen LogP) is 13.8. The largest absolute Gasteiger partial charge is 0.380 e. The summed E-state index contributed by atoms with van der Waals surface area (Å²) in [6.45, 7) is 35.2. The predicted molar refractivity (Wildman–Crippen MR) is 496 cm³/mol. The van der Waals surface area contributed by atoms with Gasteiger partial charge < -0.3 is 76.0 Å². The molecule has 9 fully saturated rings. The Kier molecular flexibility index (Phi) is 28.0. The standard InChI is InChI=1S/C20H25N5O2.C20H27N5O2.C20H24N4O2.C18H23N5O.C18H20N4O2/c1-3-16(26)25-8-7-12(2)15(10-25)24-20-17-14(18(27)13-5-4-6-13)9-21-19(17)22-11-23-20;1-5-17(27)25-7-6-13(4)15(10-25)24-20-18-14(16(26)8-12(2)3)9-21-19(18)22-11-23-20;1-3-16(25)24-10-4-5-13(12-24)23-15-6-9-21-19-17(15)14(11-22-19)18(26)20(2)7-8-20;1-2-15(24)23-7-3-4-14(10-23)22-18-16-13(8-12-5-6-12)9-19-17(16)20-11-21-18;1-2-15(23)22-8-6-12(10-22)21-14-5-7-19-18-16(14)13(9-20-18)17(24)11-3-4-11/h3,9,11-13,15H,1,4-8,10H2,2H3,(H2,21,22,23,24);5,9,11-13,15H,1,6-8,10H2,2-4H3,(H2,21,22,23,24);3,6,9,11,13H,1,4-5,7-8,10,12H2,2H3,(H2,21,22,23);2,9,11-12,14H,1,3-8,10H2,(H2,19,20,21,22);2,5,7,9,11-12H,1,3-4,6,8,10H2,(H2,19,20,21)/t12-,15+;13-,15+;13-;14-;12-/m11111/s1. The van der Waals surface area contributed by atoms with Gasteiger partial charge in [-0.3, -0.25) is 43.2 Å². The van der Waals surface area contributed by atoms with Gasteiger partial charge in [0.25, 0.3) is 0 Å². The van der Waals surface area contributed by atoms with E-state index >= 15 is 0 Å². The van der Waals surface area contributed by atoms with Crippen LogP contribution in [0, 0.1) is 40.9 Å². The smallest absolute Gasteiger partial charge is 0.246 e. The van der Waals surface area contributed by atoms with Crippen LogP contribution in [0.1, 0.15) is 191 Å². The van der Waals surface area contributed by atoms with Gasteiger partial charge >= 0.3 is 0 Å². The molecule has 9 aliphatic rings. The summed E-state index contributed by atoms with van der Waals surface area (Å²) in [5.41, 5.74) is 9.24. The Morgan fingerprint density at radius 3 is 1.27 bits per heavy atom. The van der Waals surface area contributed by atoms with E-state index in [1.54, 1.807) is 58.2 Å². The summed E-state index contributed by atoms with van der Waals surface area (Å²) in [5, 5.41) is 21.9. The first-order valence-corrected chi connectivity index (χ1v) is 45.3. The average Bonchev–Trinajstić information content (AvgIpc) is 1.59. The highest BCUT2D eigenvalue weighted by atomic mass is 16.2. The molecule has 4 aliphatic carbocycles. The molecule has 10 aromatic rings. The van der Waals surface area contributed by atoms with Gasteiger partial charge in [0.1, 0.15) is 64.7 Å². The summed E-state index contributed by atoms with van der Waals surface area (Å²) >= 11 is 0. The lowest BCUT2D eigenvalue weighted by Gasteiger charge is -2.37. The number of amides is 5. The molecule has 0 aromatic carbocycles. The van der Waals surface area contributed by atoms with E-state index in [1.807, 2.05) is 42.7 Å². The molecular formula is C96H119N23O9.